The highest BCUT2D eigenvalue weighted by molar-refractivity contribution is 9.10. The van der Waals surface area contributed by atoms with Crippen molar-refractivity contribution in [3.8, 4) is 11.5 Å². The summed E-state index contributed by atoms with van der Waals surface area (Å²) in [5, 5.41) is 13.8. The van der Waals surface area contributed by atoms with E-state index in [0.717, 1.165) is 5.39 Å². The van der Waals surface area contributed by atoms with Gasteiger partial charge < -0.3 is 14.4 Å². The molecule has 1 heterocycles. The van der Waals surface area contributed by atoms with Crippen molar-refractivity contribution in [2.24, 2.45) is 0 Å². The first-order valence-electron chi connectivity index (χ1n) is 3.54. The summed E-state index contributed by atoms with van der Waals surface area (Å²) in [5.74, 6) is 0.440. The molecule has 2 rings (SSSR count). The molecule has 1 aromatic carbocycles. The molecule has 13 heavy (non-hydrogen) atoms. The van der Waals surface area contributed by atoms with Gasteiger partial charge in [0.25, 0.3) is 0 Å². The Morgan fingerprint density at radius 1 is 1.54 bits per heavy atom. The molecule has 2 aromatic rings. The molecule has 0 amide bonds. The Morgan fingerprint density at radius 3 is 3.00 bits per heavy atom. The van der Waals surface area contributed by atoms with Crippen molar-refractivity contribution in [2.75, 3.05) is 7.11 Å². The minimum absolute atomic E-state index is 0.0684. The molecule has 0 spiro atoms. The average molecular weight is 244 g/mol. The first kappa shape index (κ1) is 8.37. The van der Waals surface area contributed by atoms with Crippen LogP contribution in [0, 0.1) is 0 Å². The highest BCUT2D eigenvalue weighted by Crippen LogP contribution is 2.34. The molecular formula is C8H6BrNO3. The summed E-state index contributed by atoms with van der Waals surface area (Å²) in [5.41, 5.74) is 0.571. The van der Waals surface area contributed by atoms with E-state index < -0.39 is 0 Å². The molecule has 1 aromatic heterocycles. The normalized spacial score (nSPS) is 10.6. The molecule has 0 radical (unpaired) electrons. The molecule has 5 heteroatoms. The van der Waals surface area contributed by atoms with Crippen molar-refractivity contribution in [1.29, 1.82) is 0 Å². The van der Waals surface area contributed by atoms with Gasteiger partial charge in [0.05, 0.1) is 12.5 Å². The number of rotatable bonds is 1. The molecule has 0 fully saturated rings. The zero-order valence-corrected chi connectivity index (χ0v) is 8.33. The number of fused-ring (bicyclic) bond motifs is 1. The third kappa shape index (κ3) is 1.25. The molecule has 0 bridgehead atoms. The van der Waals surface area contributed by atoms with Gasteiger partial charge in [-0.15, -0.1) is 0 Å². The highest BCUT2D eigenvalue weighted by Gasteiger charge is 2.10. The molecular weight excluding hydrogens is 238 g/mol. The molecule has 1 N–H and O–H groups in total. The second-order valence-electron chi connectivity index (χ2n) is 2.49. The van der Waals surface area contributed by atoms with E-state index in [9.17, 15) is 5.11 Å². The maximum absolute atomic E-state index is 9.44. The van der Waals surface area contributed by atoms with Gasteiger partial charge >= 0.3 is 0 Å². The summed E-state index contributed by atoms with van der Waals surface area (Å²) in [6.45, 7) is 0. The topological polar surface area (TPSA) is 55.5 Å². The largest absolute Gasteiger partial charge is 0.504 e. The molecule has 0 saturated carbocycles. The molecule has 0 atom stereocenters. The fourth-order valence-corrected chi connectivity index (χ4v) is 1.47. The first-order chi connectivity index (χ1) is 6.22. The summed E-state index contributed by atoms with van der Waals surface area (Å²) in [7, 11) is 1.48. The predicted molar refractivity (Wildman–Crippen MR) is 49.9 cm³/mol. The number of nitrogens with zero attached hydrogens (tertiary/aromatic N) is 1. The van der Waals surface area contributed by atoms with Crippen LogP contribution in [0.4, 0.5) is 0 Å². The summed E-state index contributed by atoms with van der Waals surface area (Å²) < 4.78 is 10.4. The van der Waals surface area contributed by atoms with E-state index in [0.29, 0.717) is 15.9 Å². The van der Waals surface area contributed by atoms with E-state index in [1.807, 2.05) is 0 Å². The fraction of sp³-hybridized carbons (Fsp3) is 0.125. The van der Waals surface area contributed by atoms with Crippen molar-refractivity contribution >= 4 is 26.9 Å². The Labute approximate surface area is 82.2 Å². The van der Waals surface area contributed by atoms with Crippen LogP contribution < -0.4 is 4.74 Å². The van der Waals surface area contributed by atoms with E-state index in [1.54, 1.807) is 6.07 Å². The van der Waals surface area contributed by atoms with Gasteiger partial charge in [-0.3, -0.25) is 0 Å². The minimum atomic E-state index is 0.0684. The van der Waals surface area contributed by atoms with Gasteiger partial charge in [0, 0.05) is 6.07 Å². The third-order valence-electron chi connectivity index (χ3n) is 1.73. The Bertz CT molecular complexity index is 452. The van der Waals surface area contributed by atoms with Gasteiger partial charge in [0.1, 0.15) is 0 Å². The number of phenols is 1. The van der Waals surface area contributed by atoms with Gasteiger partial charge in [-0.1, -0.05) is 5.16 Å². The quantitative estimate of drug-likeness (QED) is 0.836. The van der Waals surface area contributed by atoms with Crippen LogP contribution in [0.5, 0.6) is 11.5 Å². The second kappa shape index (κ2) is 2.92. The number of methoxy groups -OCH3 is 1. The van der Waals surface area contributed by atoms with Crippen LogP contribution in [-0.4, -0.2) is 17.4 Å². The second-order valence-corrected chi connectivity index (χ2v) is 3.24. The van der Waals surface area contributed by atoms with Gasteiger partial charge in [0.2, 0.25) is 0 Å². The van der Waals surface area contributed by atoms with Crippen LogP contribution in [0.1, 0.15) is 0 Å². The number of aromatic nitrogens is 1. The van der Waals surface area contributed by atoms with Crippen LogP contribution in [0.15, 0.2) is 21.3 Å². The lowest BCUT2D eigenvalue weighted by molar-refractivity contribution is 0.372. The number of phenolic OH excluding ortho intramolecular Hbond substituents is 1. The monoisotopic (exact) mass is 243 g/mol. The minimum Gasteiger partial charge on any atom is -0.504 e. The number of hydrogen-bond donors (Lipinski definition) is 1. The smallest absolute Gasteiger partial charge is 0.172 e. The highest BCUT2D eigenvalue weighted by atomic mass is 79.9. The van der Waals surface area contributed by atoms with E-state index in [2.05, 4.69) is 21.1 Å². The maximum Gasteiger partial charge on any atom is 0.172 e. The summed E-state index contributed by atoms with van der Waals surface area (Å²) >= 11 is 3.19. The van der Waals surface area contributed by atoms with Crippen LogP contribution in [0.3, 0.4) is 0 Å². The molecule has 0 unspecified atom stereocenters. The van der Waals surface area contributed by atoms with Gasteiger partial charge in [-0.05, 0) is 22.0 Å². The standard InChI is InChI=1S/C8H6BrNO3/c1-12-7-3-6-4(2-5(7)11)8(9)10-13-6/h2-3,11H,1H3. The fourth-order valence-electron chi connectivity index (χ4n) is 1.09. The molecule has 4 nitrogen and oxygen atoms in total. The van der Waals surface area contributed by atoms with E-state index in [4.69, 9.17) is 9.26 Å². The van der Waals surface area contributed by atoms with Crippen molar-refractivity contribution in [3.63, 3.8) is 0 Å². The Kier molecular flexibility index (Phi) is 1.88. The SMILES string of the molecule is COc1cc2onc(Br)c2cc1O. The zero-order valence-electron chi connectivity index (χ0n) is 6.74. The van der Waals surface area contributed by atoms with Crippen molar-refractivity contribution in [1.82, 2.24) is 5.16 Å². The molecule has 68 valence electrons. The zero-order chi connectivity index (χ0) is 9.42. The first-order valence-corrected chi connectivity index (χ1v) is 4.33. The van der Waals surface area contributed by atoms with Gasteiger partial charge in [0.15, 0.2) is 21.7 Å². The van der Waals surface area contributed by atoms with Crippen molar-refractivity contribution < 1.29 is 14.4 Å². The lowest BCUT2D eigenvalue weighted by Gasteiger charge is -2.00. The average Bonchev–Trinajstić information content (AvgIpc) is 2.47. The summed E-state index contributed by atoms with van der Waals surface area (Å²) in [6.07, 6.45) is 0. The van der Waals surface area contributed by atoms with Crippen LogP contribution in [0.2, 0.25) is 0 Å². The number of aromatic hydroxyl groups is 1. The van der Waals surface area contributed by atoms with Gasteiger partial charge in [-0.2, -0.15) is 0 Å². The molecule has 0 aliphatic rings. The van der Waals surface area contributed by atoms with E-state index >= 15 is 0 Å². The Morgan fingerprint density at radius 2 is 2.31 bits per heavy atom. The summed E-state index contributed by atoms with van der Waals surface area (Å²) in [6, 6.07) is 3.12. The third-order valence-corrected chi connectivity index (χ3v) is 2.30. The van der Waals surface area contributed by atoms with Crippen molar-refractivity contribution in [3.05, 3.63) is 16.7 Å². The summed E-state index contributed by atoms with van der Waals surface area (Å²) in [4.78, 5) is 0. The Hall–Kier alpha value is -1.23. The van der Waals surface area contributed by atoms with Gasteiger partial charge in [-0.25, -0.2) is 0 Å². The number of hydrogen-bond acceptors (Lipinski definition) is 4. The number of halogens is 1. The van der Waals surface area contributed by atoms with Crippen LogP contribution >= 0.6 is 15.9 Å². The molecule has 0 aliphatic heterocycles. The van der Waals surface area contributed by atoms with Crippen LogP contribution in [0.25, 0.3) is 11.0 Å². The predicted octanol–water partition coefficient (Wildman–Crippen LogP) is 2.30. The van der Waals surface area contributed by atoms with Crippen molar-refractivity contribution in [2.45, 2.75) is 0 Å². The lowest BCUT2D eigenvalue weighted by atomic mass is 10.2. The van der Waals surface area contributed by atoms with Crippen LogP contribution in [-0.2, 0) is 0 Å². The van der Waals surface area contributed by atoms with E-state index in [1.165, 1.54) is 13.2 Å². The van der Waals surface area contributed by atoms with E-state index in [-0.39, 0.29) is 5.75 Å². The Balaban J connectivity index is 2.76. The number of benzene rings is 1. The number of ether oxygens (including phenoxy) is 1. The lowest BCUT2D eigenvalue weighted by Crippen LogP contribution is -1.82. The molecule has 0 saturated heterocycles. The maximum atomic E-state index is 9.44. The molecule has 0 aliphatic carbocycles.